The predicted octanol–water partition coefficient (Wildman–Crippen LogP) is 3.66. The van der Waals surface area contributed by atoms with Gasteiger partial charge in [-0.1, -0.05) is 11.6 Å². The Hall–Kier alpha value is -2.38. The molecule has 0 spiro atoms. The monoisotopic (exact) mass is 375 g/mol. The van der Waals surface area contributed by atoms with Gasteiger partial charge in [0.1, 0.15) is 5.69 Å². The highest BCUT2D eigenvalue weighted by atomic mass is 35.5. The van der Waals surface area contributed by atoms with Crippen molar-refractivity contribution in [1.82, 2.24) is 14.8 Å². The number of amides is 1. The summed E-state index contributed by atoms with van der Waals surface area (Å²) >= 11 is 7.56. The summed E-state index contributed by atoms with van der Waals surface area (Å²) in [5.41, 5.74) is 4.80. The maximum absolute atomic E-state index is 12.2. The molecule has 0 aliphatic rings. The zero-order valence-electron chi connectivity index (χ0n) is 13.9. The minimum atomic E-state index is -0.274. The highest BCUT2D eigenvalue weighted by Crippen LogP contribution is 2.19. The summed E-state index contributed by atoms with van der Waals surface area (Å²) in [5, 5.41) is 6.26. The fourth-order valence-electron chi connectivity index (χ4n) is 2.52. The van der Waals surface area contributed by atoms with Crippen LogP contribution in [0.2, 0.25) is 5.15 Å². The number of hydrazone groups is 1. The third-order valence-electron chi connectivity index (χ3n) is 3.87. The maximum Gasteiger partial charge on any atom is 0.271 e. The second-order valence-corrected chi connectivity index (χ2v) is 6.49. The second-order valence-electron chi connectivity index (χ2n) is 5.26. The number of hydrogen-bond acceptors (Lipinski definition) is 5. The third-order valence-corrected chi connectivity index (χ3v) is 4.90. The largest absolute Gasteiger partial charge is 0.372 e. The number of rotatable bonds is 6. The van der Waals surface area contributed by atoms with Gasteiger partial charge in [-0.25, -0.2) is 10.4 Å². The lowest BCUT2D eigenvalue weighted by Crippen LogP contribution is -2.22. The van der Waals surface area contributed by atoms with Crippen molar-refractivity contribution >= 4 is 45.7 Å². The van der Waals surface area contributed by atoms with Crippen LogP contribution in [0.5, 0.6) is 0 Å². The summed E-state index contributed by atoms with van der Waals surface area (Å²) in [6, 6.07) is 7.46. The van der Waals surface area contributed by atoms with Gasteiger partial charge in [0.2, 0.25) is 0 Å². The van der Waals surface area contributed by atoms with E-state index in [9.17, 15) is 4.79 Å². The summed E-state index contributed by atoms with van der Waals surface area (Å²) in [5.74, 6) is -0.274. The van der Waals surface area contributed by atoms with E-state index >= 15 is 0 Å². The number of thiazole rings is 1. The Kier molecular flexibility index (Phi) is 5.35. The Morgan fingerprint density at radius 3 is 2.76 bits per heavy atom. The molecule has 0 saturated carbocycles. The van der Waals surface area contributed by atoms with Crippen molar-refractivity contribution in [2.75, 3.05) is 18.0 Å². The quantitative estimate of drug-likeness (QED) is 0.528. The average molecular weight is 376 g/mol. The first-order valence-electron chi connectivity index (χ1n) is 7.93. The topological polar surface area (TPSA) is 62.0 Å². The van der Waals surface area contributed by atoms with Gasteiger partial charge in [0.15, 0.2) is 10.1 Å². The van der Waals surface area contributed by atoms with Crippen LogP contribution in [-0.2, 0) is 0 Å². The number of hydrogen-bond donors (Lipinski definition) is 1. The van der Waals surface area contributed by atoms with Gasteiger partial charge in [-0.3, -0.25) is 9.20 Å². The summed E-state index contributed by atoms with van der Waals surface area (Å²) in [6.07, 6.45) is 3.35. The number of carbonyl (C=O) groups excluding carboxylic acids is 1. The van der Waals surface area contributed by atoms with Crippen LogP contribution in [0.25, 0.3) is 4.96 Å². The molecule has 0 atom stereocenters. The summed E-state index contributed by atoms with van der Waals surface area (Å²) < 4.78 is 1.82. The summed E-state index contributed by atoms with van der Waals surface area (Å²) in [7, 11) is 0. The molecule has 1 N–H and O–H groups in total. The van der Waals surface area contributed by atoms with Gasteiger partial charge in [-0.2, -0.15) is 5.10 Å². The Bertz CT molecular complexity index is 896. The number of benzene rings is 1. The zero-order chi connectivity index (χ0) is 17.8. The Morgan fingerprint density at radius 1 is 1.36 bits per heavy atom. The number of imidazole rings is 1. The summed E-state index contributed by atoms with van der Waals surface area (Å²) in [4.78, 5) is 19.4. The van der Waals surface area contributed by atoms with Crippen molar-refractivity contribution in [2.24, 2.45) is 5.10 Å². The number of halogens is 1. The molecule has 0 aliphatic carbocycles. The van der Waals surface area contributed by atoms with Crippen LogP contribution in [-0.4, -0.2) is 34.6 Å². The Labute approximate surface area is 154 Å². The van der Waals surface area contributed by atoms with Crippen molar-refractivity contribution in [3.63, 3.8) is 0 Å². The molecule has 25 heavy (non-hydrogen) atoms. The lowest BCUT2D eigenvalue weighted by Gasteiger charge is -2.20. The van der Waals surface area contributed by atoms with Gasteiger partial charge >= 0.3 is 0 Å². The van der Waals surface area contributed by atoms with Gasteiger partial charge in [0.25, 0.3) is 5.91 Å². The first kappa shape index (κ1) is 17.4. The van der Waals surface area contributed by atoms with Crippen molar-refractivity contribution in [3.8, 4) is 0 Å². The van der Waals surface area contributed by atoms with Crippen LogP contribution in [0.4, 0.5) is 5.69 Å². The first-order chi connectivity index (χ1) is 12.1. The zero-order valence-corrected chi connectivity index (χ0v) is 15.5. The van der Waals surface area contributed by atoms with Crippen LogP contribution in [0.1, 0.15) is 29.9 Å². The first-order valence-corrected chi connectivity index (χ1v) is 9.19. The van der Waals surface area contributed by atoms with Crippen molar-refractivity contribution in [2.45, 2.75) is 13.8 Å². The standard InChI is InChI=1S/C17H18ClN5OS/c1-3-22(4-2)13-7-5-12(6-8-13)16(24)21-19-11-14-15(18)20-17-23(14)9-10-25-17/h5-11H,3-4H2,1-2H3,(H,21,24)/b19-11-. The fraction of sp³-hybridized carbons (Fsp3) is 0.235. The van der Waals surface area contributed by atoms with Crippen LogP contribution in [0.15, 0.2) is 40.9 Å². The molecule has 0 saturated heterocycles. The fourth-order valence-corrected chi connectivity index (χ4v) is 3.51. The molecule has 6 nitrogen and oxygen atoms in total. The van der Waals surface area contributed by atoms with Gasteiger partial charge in [0, 0.05) is 35.9 Å². The molecule has 2 heterocycles. The van der Waals surface area contributed by atoms with E-state index < -0.39 is 0 Å². The Morgan fingerprint density at radius 2 is 2.08 bits per heavy atom. The molecule has 1 aromatic carbocycles. The SMILES string of the molecule is CCN(CC)c1ccc(C(=O)N/N=C\c2c(Cl)nc3sccn23)cc1. The highest BCUT2D eigenvalue weighted by Gasteiger charge is 2.10. The van der Waals surface area contributed by atoms with Gasteiger partial charge in [0.05, 0.1) is 6.21 Å². The number of anilines is 1. The van der Waals surface area contributed by atoms with Gasteiger partial charge in [-0.05, 0) is 38.1 Å². The molecule has 0 aliphatic heterocycles. The number of nitrogens with zero attached hydrogens (tertiary/aromatic N) is 4. The van der Waals surface area contributed by atoms with Crippen LogP contribution in [0, 0.1) is 0 Å². The minimum Gasteiger partial charge on any atom is -0.372 e. The smallest absolute Gasteiger partial charge is 0.271 e. The van der Waals surface area contributed by atoms with Gasteiger partial charge < -0.3 is 4.90 Å². The van der Waals surface area contributed by atoms with E-state index in [4.69, 9.17) is 11.6 Å². The normalized spacial score (nSPS) is 11.3. The second kappa shape index (κ2) is 7.67. The molecule has 0 unspecified atom stereocenters. The van der Waals surface area contributed by atoms with Crippen LogP contribution >= 0.6 is 22.9 Å². The van der Waals surface area contributed by atoms with E-state index in [2.05, 4.69) is 34.3 Å². The van der Waals surface area contributed by atoms with E-state index in [1.807, 2.05) is 28.1 Å². The van der Waals surface area contributed by atoms with Crippen molar-refractivity contribution in [1.29, 1.82) is 0 Å². The van der Waals surface area contributed by atoms with E-state index in [-0.39, 0.29) is 5.91 Å². The number of carbonyl (C=O) groups is 1. The van der Waals surface area contributed by atoms with Crippen molar-refractivity contribution in [3.05, 3.63) is 52.3 Å². The minimum absolute atomic E-state index is 0.274. The highest BCUT2D eigenvalue weighted by molar-refractivity contribution is 7.15. The molecule has 0 bridgehead atoms. The van der Waals surface area contributed by atoms with Crippen LogP contribution in [0.3, 0.4) is 0 Å². The summed E-state index contributed by atoms with van der Waals surface area (Å²) in [6.45, 7) is 6.06. The van der Waals surface area contributed by atoms with E-state index in [1.54, 1.807) is 12.1 Å². The van der Waals surface area contributed by atoms with Crippen molar-refractivity contribution < 1.29 is 4.79 Å². The molecule has 130 valence electrons. The Balaban J connectivity index is 1.68. The molecule has 0 radical (unpaired) electrons. The molecule has 1 amide bonds. The van der Waals surface area contributed by atoms with E-state index in [0.717, 1.165) is 23.7 Å². The molecule has 3 rings (SSSR count). The van der Waals surface area contributed by atoms with E-state index in [0.29, 0.717) is 16.4 Å². The number of aromatic nitrogens is 2. The lowest BCUT2D eigenvalue weighted by molar-refractivity contribution is 0.0955. The molecular formula is C17H18ClN5OS. The maximum atomic E-state index is 12.2. The lowest BCUT2D eigenvalue weighted by atomic mass is 10.2. The molecule has 8 heteroatoms. The molecule has 2 aromatic heterocycles. The van der Waals surface area contributed by atoms with E-state index in [1.165, 1.54) is 17.6 Å². The average Bonchev–Trinajstić information content (AvgIpc) is 3.18. The predicted molar refractivity (Wildman–Crippen MR) is 103 cm³/mol. The molecule has 3 aromatic rings. The number of nitrogens with one attached hydrogen (secondary N) is 1. The number of fused-ring (bicyclic) bond motifs is 1. The molecule has 0 fully saturated rings. The third kappa shape index (κ3) is 3.67. The molecular weight excluding hydrogens is 358 g/mol. The van der Waals surface area contributed by atoms with Crippen LogP contribution < -0.4 is 10.3 Å². The van der Waals surface area contributed by atoms with Gasteiger partial charge in [-0.15, -0.1) is 11.3 Å².